The van der Waals surface area contributed by atoms with E-state index in [9.17, 15) is 14.7 Å². The van der Waals surface area contributed by atoms with Crippen LogP contribution in [-0.2, 0) is 9.59 Å². The molecule has 1 aliphatic carbocycles. The van der Waals surface area contributed by atoms with E-state index in [0.29, 0.717) is 17.9 Å². The van der Waals surface area contributed by atoms with Gasteiger partial charge in [-0.05, 0) is 49.6 Å². The highest BCUT2D eigenvalue weighted by atomic mass is 35.5. The maximum absolute atomic E-state index is 13.4. The van der Waals surface area contributed by atoms with Gasteiger partial charge in [-0.15, -0.1) is 0 Å². The third kappa shape index (κ3) is 4.49. The molecule has 1 atom stereocenters. The summed E-state index contributed by atoms with van der Waals surface area (Å²) < 4.78 is 11.1. The van der Waals surface area contributed by atoms with Crippen LogP contribution in [0.15, 0.2) is 42.0 Å². The van der Waals surface area contributed by atoms with Crippen molar-refractivity contribution in [1.29, 1.82) is 0 Å². The van der Waals surface area contributed by atoms with Gasteiger partial charge in [0.1, 0.15) is 17.3 Å². The summed E-state index contributed by atoms with van der Waals surface area (Å²) in [6, 6.07) is 9.38. The zero-order valence-electron chi connectivity index (χ0n) is 19.1. The number of aliphatic hydroxyl groups is 1. The van der Waals surface area contributed by atoms with Crippen LogP contribution in [0, 0.1) is 0 Å². The van der Waals surface area contributed by atoms with Crippen molar-refractivity contribution in [2.75, 3.05) is 13.7 Å². The minimum atomic E-state index is -0.772. The van der Waals surface area contributed by atoms with Crippen molar-refractivity contribution in [3.63, 3.8) is 0 Å². The third-order valence-corrected chi connectivity index (χ3v) is 6.90. The van der Waals surface area contributed by atoms with Gasteiger partial charge in [-0.1, -0.05) is 54.6 Å². The van der Waals surface area contributed by atoms with Gasteiger partial charge in [-0.25, -0.2) is 0 Å². The predicted octanol–water partition coefficient (Wildman–Crippen LogP) is 6.16. The Morgan fingerprint density at radius 1 is 1.12 bits per heavy atom. The molecule has 1 saturated carbocycles. The average molecular weight is 504 g/mol. The Hall–Kier alpha value is -2.70. The van der Waals surface area contributed by atoms with Crippen LogP contribution in [0.25, 0.3) is 5.76 Å². The molecule has 1 amide bonds. The van der Waals surface area contributed by atoms with Crippen molar-refractivity contribution in [3.05, 3.63) is 63.1 Å². The highest BCUT2D eigenvalue weighted by Gasteiger charge is 2.49. The van der Waals surface area contributed by atoms with Crippen LogP contribution in [0.5, 0.6) is 11.5 Å². The van der Waals surface area contributed by atoms with E-state index in [0.717, 1.165) is 32.1 Å². The number of carbonyl (C=O) groups is 2. The number of ketones is 1. The summed E-state index contributed by atoms with van der Waals surface area (Å²) in [5, 5.41) is 11.9. The van der Waals surface area contributed by atoms with E-state index in [4.69, 9.17) is 32.7 Å². The first-order valence-electron chi connectivity index (χ1n) is 11.4. The molecular weight excluding hydrogens is 477 g/mol. The van der Waals surface area contributed by atoms with Gasteiger partial charge in [0.15, 0.2) is 0 Å². The number of rotatable bonds is 6. The van der Waals surface area contributed by atoms with Crippen LogP contribution in [0.4, 0.5) is 0 Å². The summed E-state index contributed by atoms with van der Waals surface area (Å²) in [5.41, 5.74) is 0.831. The number of ether oxygens (including phenoxy) is 2. The van der Waals surface area contributed by atoms with Gasteiger partial charge in [0, 0.05) is 11.1 Å². The first-order valence-corrected chi connectivity index (χ1v) is 12.2. The lowest BCUT2D eigenvalue weighted by atomic mass is 9.90. The zero-order chi connectivity index (χ0) is 24.4. The Bertz CT molecular complexity index is 1140. The zero-order valence-corrected chi connectivity index (χ0v) is 20.7. The Balaban J connectivity index is 1.94. The van der Waals surface area contributed by atoms with Crippen LogP contribution >= 0.6 is 23.2 Å². The van der Waals surface area contributed by atoms with Gasteiger partial charge in [0.05, 0.1) is 35.9 Å². The maximum atomic E-state index is 13.4. The fraction of sp³-hybridized carbons (Fsp3) is 0.385. The van der Waals surface area contributed by atoms with Gasteiger partial charge in [0.2, 0.25) is 0 Å². The van der Waals surface area contributed by atoms with E-state index >= 15 is 0 Å². The standard InChI is InChI=1S/C26H27Cl2NO5/c1-3-34-18-11-7-8-15(12-18)22-21(23(30)19-13-16(27)14-20(28)25(19)33-2)24(31)26(32)29(22)17-9-5-4-6-10-17/h7-8,11-14,17,22,30H,3-6,9-10H2,1-2H3/b23-21+. The van der Waals surface area contributed by atoms with E-state index in [-0.39, 0.29) is 38.7 Å². The summed E-state index contributed by atoms with van der Waals surface area (Å²) in [4.78, 5) is 28.4. The maximum Gasteiger partial charge on any atom is 0.295 e. The molecule has 6 nitrogen and oxygen atoms in total. The van der Waals surface area contributed by atoms with Crippen LogP contribution in [0.3, 0.4) is 0 Å². The number of amides is 1. The normalized spacial score (nSPS) is 20.6. The number of hydrogen-bond donors (Lipinski definition) is 1. The van der Waals surface area contributed by atoms with Crippen molar-refractivity contribution in [2.24, 2.45) is 0 Å². The quantitative estimate of drug-likeness (QED) is 0.290. The summed E-state index contributed by atoms with van der Waals surface area (Å²) in [5.74, 6) is -0.933. The monoisotopic (exact) mass is 503 g/mol. The molecule has 1 N–H and O–H groups in total. The molecule has 2 fully saturated rings. The minimum absolute atomic E-state index is 0.0131. The van der Waals surface area contributed by atoms with Gasteiger partial charge >= 0.3 is 0 Å². The summed E-state index contributed by atoms with van der Waals surface area (Å²) >= 11 is 12.5. The van der Waals surface area contributed by atoms with Gasteiger partial charge in [-0.2, -0.15) is 0 Å². The number of likely N-dealkylation sites (tertiary alicyclic amines) is 1. The second-order valence-electron chi connectivity index (χ2n) is 8.47. The van der Waals surface area contributed by atoms with E-state index in [2.05, 4.69) is 0 Å². The number of carbonyl (C=O) groups excluding carboxylic acids is 2. The highest BCUT2D eigenvalue weighted by molar-refractivity contribution is 6.47. The number of aliphatic hydroxyl groups excluding tert-OH is 1. The topological polar surface area (TPSA) is 76.1 Å². The third-order valence-electron chi connectivity index (χ3n) is 6.40. The summed E-state index contributed by atoms with van der Waals surface area (Å²) in [6.45, 7) is 2.36. The van der Waals surface area contributed by atoms with Crippen LogP contribution in [0.1, 0.15) is 56.2 Å². The molecule has 8 heteroatoms. The molecule has 1 aliphatic heterocycles. The van der Waals surface area contributed by atoms with E-state index in [1.807, 2.05) is 31.2 Å². The van der Waals surface area contributed by atoms with Gasteiger partial charge in [0.25, 0.3) is 11.7 Å². The SMILES string of the molecule is CCOc1cccc(C2/C(=C(\O)c3cc(Cl)cc(Cl)c3OC)C(=O)C(=O)N2C2CCCCC2)c1. The van der Waals surface area contributed by atoms with E-state index in [1.165, 1.54) is 19.2 Å². The molecule has 2 aromatic carbocycles. The molecule has 1 saturated heterocycles. The summed E-state index contributed by atoms with van der Waals surface area (Å²) in [7, 11) is 1.41. The lowest BCUT2D eigenvalue weighted by Gasteiger charge is -2.35. The van der Waals surface area contributed by atoms with Crippen molar-refractivity contribution in [3.8, 4) is 11.5 Å². The second-order valence-corrected chi connectivity index (χ2v) is 9.32. The van der Waals surface area contributed by atoms with E-state index < -0.39 is 17.7 Å². The Kier molecular flexibility index (Phi) is 7.39. The van der Waals surface area contributed by atoms with Gasteiger partial charge in [-0.3, -0.25) is 9.59 Å². The molecule has 0 aromatic heterocycles. The van der Waals surface area contributed by atoms with Crippen molar-refractivity contribution in [1.82, 2.24) is 4.90 Å². The lowest BCUT2D eigenvalue weighted by molar-refractivity contribution is -0.141. The number of Topliss-reactive ketones (excluding diaryl/α,β-unsaturated/α-hetero) is 1. The predicted molar refractivity (Wildman–Crippen MR) is 132 cm³/mol. The average Bonchev–Trinajstić information content (AvgIpc) is 3.09. The molecular formula is C26H27Cl2NO5. The smallest absolute Gasteiger partial charge is 0.295 e. The van der Waals surface area contributed by atoms with Crippen LogP contribution in [0.2, 0.25) is 10.0 Å². The number of halogens is 2. The number of nitrogens with zero attached hydrogens (tertiary/aromatic N) is 1. The lowest BCUT2D eigenvalue weighted by Crippen LogP contribution is -2.40. The molecule has 180 valence electrons. The number of methoxy groups -OCH3 is 1. The van der Waals surface area contributed by atoms with Crippen LogP contribution < -0.4 is 9.47 Å². The first kappa shape index (κ1) is 24.4. The Labute approximate surface area is 209 Å². The van der Waals surface area contributed by atoms with E-state index in [1.54, 1.807) is 4.90 Å². The minimum Gasteiger partial charge on any atom is -0.507 e. The van der Waals surface area contributed by atoms with Crippen molar-refractivity contribution in [2.45, 2.75) is 51.1 Å². The number of hydrogen-bond acceptors (Lipinski definition) is 5. The van der Waals surface area contributed by atoms with Crippen LogP contribution in [-0.4, -0.2) is 41.5 Å². The second kappa shape index (κ2) is 10.3. The molecule has 1 heterocycles. The van der Waals surface area contributed by atoms with Crippen molar-refractivity contribution >= 4 is 40.7 Å². The molecule has 4 rings (SSSR count). The molecule has 34 heavy (non-hydrogen) atoms. The molecule has 2 aromatic rings. The Morgan fingerprint density at radius 2 is 1.85 bits per heavy atom. The fourth-order valence-corrected chi connectivity index (χ4v) is 5.51. The Morgan fingerprint density at radius 3 is 2.53 bits per heavy atom. The largest absolute Gasteiger partial charge is 0.507 e. The first-order chi connectivity index (χ1) is 16.4. The molecule has 0 bridgehead atoms. The molecule has 2 aliphatic rings. The number of benzene rings is 2. The highest BCUT2D eigenvalue weighted by Crippen LogP contribution is 2.45. The fourth-order valence-electron chi connectivity index (χ4n) is 4.94. The van der Waals surface area contributed by atoms with Gasteiger partial charge < -0.3 is 19.5 Å². The molecule has 0 radical (unpaired) electrons. The molecule has 0 spiro atoms. The molecule has 1 unspecified atom stereocenters. The summed E-state index contributed by atoms with van der Waals surface area (Å²) in [6.07, 6.45) is 4.68. The van der Waals surface area contributed by atoms with Crippen molar-refractivity contribution < 1.29 is 24.2 Å².